The van der Waals surface area contributed by atoms with Crippen LogP contribution in [0.3, 0.4) is 0 Å². The summed E-state index contributed by atoms with van der Waals surface area (Å²) in [5.41, 5.74) is 0. The largest absolute Gasteiger partial charge is 0.481 e. The zero-order chi connectivity index (χ0) is 30.8. The van der Waals surface area contributed by atoms with Crippen LogP contribution in [0.15, 0.2) is 60.8 Å². The predicted molar refractivity (Wildman–Crippen MR) is 181 cm³/mol. The Kier molecular flexibility index (Phi) is 31.3. The van der Waals surface area contributed by atoms with Gasteiger partial charge in [0.2, 0.25) is 0 Å². The average Bonchev–Trinajstić information content (AvgIpc) is 2.97. The first-order valence-corrected chi connectivity index (χ1v) is 17.3. The molecule has 4 nitrogen and oxygen atoms in total. The van der Waals surface area contributed by atoms with Gasteiger partial charge in [-0.2, -0.15) is 0 Å². The number of carbonyl (C=O) groups excluding carboxylic acids is 1. The van der Waals surface area contributed by atoms with Gasteiger partial charge in [0.25, 0.3) is 0 Å². The Morgan fingerprint density at radius 3 is 1.52 bits per heavy atom. The smallest absolute Gasteiger partial charge is 0.306 e. The third-order valence-corrected chi connectivity index (χ3v) is 7.23. The molecule has 1 atom stereocenters. The maximum absolute atomic E-state index is 12.3. The number of carboxylic acids is 1. The number of ether oxygens (including phenoxy) is 1. The third kappa shape index (κ3) is 32.2. The van der Waals surface area contributed by atoms with Crippen molar-refractivity contribution < 1.29 is 19.4 Å². The second-order valence-corrected chi connectivity index (χ2v) is 11.3. The monoisotopic (exact) mass is 584 g/mol. The van der Waals surface area contributed by atoms with Gasteiger partial charge < -0.3 is 9.84 Å². The number of allylic oxidation sites excluding steroid dienone is 10. The molecule has 0 rings (SSSR count). The number of esters is 1. The van der Waals surface area contributed by atoms with Gasteiger partial charge in [0.05, 0.1) is 0 Å². The number of carbonyl (C=O) groups is 2. The van der Waals surface area contributed by atoms with E-state index in [2.05, 4.69) is 74.6 Å². The van der Waals surface area contributed by atoms with E-state index in [0.29, 0.717) is 12.8 Å². The molecule has 0 amide bonds. The first-order valence-electron chi connectivity index (χ1n) is 17.3. The van der Waals surface area contributed by atoms with Crippen LogP contribution in [-0.2, 0) is 14.3 Å². The van der Waals surface area contributed by atoms with Gasteiger partial charge in [0, 0.05) is 12.8 Å². The van der Waals surface area contributed by atoms with Crippen LogP contribution >= 0.6 is 0 Å². The van der Waals surface area contributed by atoms with Gasteiger partial charge in [0.1, 0.15) is 6.10 Å². The van der Waals surface area contributed by atoms with E-state index in [9.17, 15) is 9.59 Å². The van der Waals surface area contributed by atoms with Crippen LogP contribution in [0, 0.1) is 0 Å². The number of hydrogen-bond donors (Lipinski definition) is 1. The van der Waals surface area contributed by atoms with Crippen LogP contribution < -0.4 is 0 Å². The number of carboxylic acid groups (broad SMARTS) is 1. The molecule has 0 aromatic rings. The van der Waals surface area contributed by atoms with Crippen LogP contribution in [0.5, 0.6) is 0 Å². The molecule has 4 heteroatoms. The molecule has 0 aromatic heterocycles. The topological polar surface area (TPSA) is 63.6 Å². The predicted octanol–water partition coefficient (Wildman–Crippen LogP) is 11.8. The number of rotatable bonds is 30. The highest BCUT2D eigenvalue weighted by molar-refractivity contribution is 5.69. The molecule has 1 unspecified atom stereocenters. The maximum Gasteiger partial charge on any atom is 0.306 e. The molecule has 0 aliphatic heterocycles. The van der Waals surface area contributed by atoms with E-state index in [4.69, 9.17) is 9.84 Å². The Labute approximate surface area is 259 Å². The zero-order valence-electron chi connectivity index (χ0n) is 27.3. The molecular formula is C38H64O4. The summed E-state index contributed by atoms with van der Waals surface area (Å²) in [6.45, 7) is 4.32. The van der Waals surface area contributed by atoms with Crippen LogP contribution in [0.4, 0.5) is 0 Å². The van der Waals surface area contributed by atoms with Crippen molar-refractivity contribution in [3.05, 3.63) is 60.8 Å². The zero-order valence-corrected chi connectivity index (χ0v) is 27.3. The van der Waals surface area contributed by atoms with Crippen LogP contribution in [0.1, 0.15) is 162 Å². The fourth-order valence-electron chi connectivity index (χ4n) is 4.79. The van der Waals surface area contributed by atoms with Gasteiger partial charge in [-0.05, 0) is 77.0 Å². The molecule has 0 saturated heterocycles. The Morgan fingerprint density at radius 1 is 0.548 bits per heavy atom. The molecule has 0 saturated carbocycles. The lowest BCUT2D eigenvalue weighted by Crippen LogP contribution is -2.18. The summed E-state index contributed by atoms with van der Waals surface area (Å²) in [7, 11) is 0. The van der Waals surface area contributed by atoms with Gasteiger partial charge in [-0.1, -0.05) is 132 Å². The quantitative estimate of drug-likeness (QED) is 0.0518. The average molecular weight is 585 g/mol. The maximum atomic E-state index is 12.3. The molecule has 0 radical (unpaired) electrons. The van der Waals surface area contributed by atoms with E-state index in [-0.39, 0.29) is 12.1 Å². The van der Waals surface area contributed by atoms with Crippen molar-refractivity contribution in [2.45, 2.75) is 168 Å². The SMILES string of the molecule is CC/C=C\C/C=C\C/C=C\C/C=C\C/C=C\CCCCCC(=O)OC(CCC)CCCCCCCCCCCC(=O)O. The van der Waals surface area contributed by atoms with E-state index in [1.54, 1.807) is 0 Å². The lowest BCUT2D eigenvalue weighted by atomic mass is 10.0. The highest BCUT2D eigenvalue weighted by Crippen LogP contribution is 2.16. The van der Waals surface area contributed by atoms with E-state index in [1.165, 1.54) is 32.1 Å². The Hall–Kier alpha value is -2.36. The summed E-state index contributed by atoms with van der Waals surface area (Å²) in [5, 5.41) is 8.66. The van der Waals surface area contributed by atoms with Crippen LogP contribution in [-0.4, -0.2) is 23.1 Å². The van der Waals surface area contributed by atoms with Crippen molar-refractivity contribution in [3.8, 4) is 0 Å². The second kappa shape index (κ2) is 33.1. The van der Waals surface area contributed by atoms with Gasteiger partial charge >= 0.3 is 11.9 Å². The van der Waals surface area contributed by atoms with Crippen molar-refractivity contribution in [1.82, 2.24) is 0 Å². The van der Waals surface area contributed by atoms with Crippen molar-refractivity contribution in [2.24, 2.45) is 0 Å². The first-order chi connectivity index (χ1) is 20.6. The minimum Gasteiger partial charge on any atom is -0.481 e. The van der Waals surface area contributed by atoms with Crippen molar-refractivity contribution in [3.63, 3.8) is 0 Å². The fraction of sp³-hybridized carbons (Fsp3) is 0.684. The fourth-order valence-corrected chi connectivity index (χ4v) is 4.79. The molecule has 1 N–H and O–H groups in total. The summed E-state index contributed by atoms with van der Waals surface area (Å²) < 4.78 is 5.81. The second-order valence-electron chi connectivity index (χ2n) is 11.3. The van der Waals surface area contributed by atoms with Gasteiger partial charge in [-0.15, -0.1) is 0 Å². The van der Waals surface area contributed by atoms with E-state index in [0.717, 1.165) is 103 Å². The molecule has 0 bridgehead atoms. The molecule has 0 heterocycles. The Balaban J connectivity index is 3.70. The Morgan fingerprint density at radius 2 is 1.00 bits per heavy atom. The molecule has 0 spiro atoms. The summed E-state index contributed by atoms with van der Waals surface area (Å²) in [6, 6.07) is 0. The van der Waals surface area contributed by atoms with E-state index >= 15 is 0 Å². The molecular weight excluding hydrogens is 520 g/mol. The van der Waals surface area contributed by atoms with Crippen molar-refractivity contribution in [2.75, 3.05) is 0 Å². The van der Waals surface area contributed by atoms with E-state index in [1.807, 2.05) is 0 Å². The first kappa shape index (κ1) is 39.6. The lowest BCUT2D eigenvalue weighted by molar-refractivity contribution is -0.150. The van der Waals surface area contributed by atoms with Crippen LogP contribution in [0.2, 0.25) is 0 Å². The third-order valence-electron chi connectivity index (χ3n) is 7.23. The van der Waals surface area contributed by atoms with Gasteiger partial charge in [-0.25, -0.2) is 0 Å². The summed E-state index contributed by atoms with van der Waals surface area (Å²) in [6.07, 6.45) is 45.7. The van der Waals surface area contributed by atoms with E-state index < -0.39 is 5.97 Å². The lowest BCUT2D eigenvalue weighted by Gasteiger charge is -2.17. The van der Waals surface area contributed by atoms with Crippen molar-refractivity contribution in [1.29, 1.82) is 0 Å². The molecule has 240 valence electrons. The Bertz CT molecular complexity index is 759. The highest BCUT2D eigenvalue weighted by Gasteiger charge is 2.13. The minimum absolute atomic E-state index is 0.0220. The molecule has 42 heavy (non-hydrogen) atoms. The minimum atomic E-state index is -0.685. The summed E-state index contributed by atoms with van der Waals surface area (Å²) in [5.74, 6) is -0.707. The molecule has 0 aromatic carbocycles. The van der Waals surface area contributed by atoms with Crippen LogP contribution in [0.25, 0.3) is 0 Å². The highest BCUT2D eigenvalue weighted by atomic mass is 16.5. The number of hydrogen-bond acceptors (Lipinski definition) is 3. The molecule has 0 aliphatic rings. The summed E-state index contributed by atoms with van der Waals surface area (Å²) in [4.78, 5) is 22.9. The molecule has 0 aliphatic carbocycles. The normalized spacial score (nSPS) is 13.0. The number of aliphatic carboxylic acids is 1. The standard InChI is InChI=1S/C38H64O4/c1-3-5-6-7-8-9-10-11-12-13-14-15-16-17-18-22-25-28-31-35-38(41)42-36(32-4-2)33-29-26-23-20-19-21-24-27-30-34-37(39)40/h5-6,8-9,11-12,14-15,17-18,36H,3-4,7,10,13,16,19-35H2,1-2H3,(H,39,40)/b6-5-,9-8-,12-11-,15-14-,18-17-. The van der Waals surface area contributed by atoms with Gasteiger partial charge in [0.15, 0.2) is 0 Å². The number of unbranched alkanes of at least 4 members (excludes halogenated alkanes) is 11. The van der Waals surface area contributed by atoms with Crippen molar-refractivity contribution >= 4 is 11.9 Å². The van der Waals surface area contributed by atoms with Gasteiger partial charge in [-0.3, -0.25) is 9.59 Å². The summed E-state index contributed by atoms with van der Waals surface area (Å²) >= 11 is 0. The molecule has 0 fully saturated rings.